The molecule has 160 valence electrons. The molecule has 0 bridgehead atoms. The van der Waals surface area contributed by atoms with Gasteiger partial charge in [-0.15, -0.1) is 0 Å². The van der Waals surface area contributed by atoms with Crippen LogP contribution in [0.25, 0.3) is 0 Å². The number of anilines is 2. The maximum atomic E-state index is 10.6. The van der Waals surface area contributed by atoms with Gasteiger partial charge in [-0.2, -0.15) is 5.26 Å². The Morgan fingerprint density at radius 1 is 0.581 bits per heavy atom. The standard InChI is InChI=1S/C28H33N3/c1-5-30(6-2)26-18-14-24(15-19-26)28(22-29,23-12-10-9-11-13-23)25-16-20-27(21-17-25)31(7-3)8-4/h9-21H,5-8H2,1-4H3. The van der Waals surface area contributed by atoms with Gasteiger partial charge in [0.2, 0.25) is 0 Å². The van der Waals surface area contributed by atoms with E-state index in [1.54, 1.807) is 0 Å². The molecule has 3 aromatic carbocycles. The Morgan fingerprint density at radius 2 is 0.935 bits per heavy atom. The topological polar surface area (TPSA) is 30.3 Å². The zero-order chi connectivity index (χ0) is 22.3. The van der Waals surface area contributed by atoms with Crippen LogP contribution in [0.4, 0.5) is 11.4 Å². The second kappa shape index (κ2) is 10.2. The summed E-state index contributed by atoms with van der Waals surface area (Å²) in [4.78, 5) is 4.64. The largest absolute Gasteiger partial charge is 0.372 e. The van der Waals surface area contributed by atoms with Gasteiger partial charge in [0.1, 0.15) is 5.41 Å². The van der Waals surface area contributed by atoms with Crippen molar-refractivity contribution in [3.63, 3.8) is 0 Å². The molecule has 0 unspecified atom stereocenters. The summed E-state index contributed by atoms with van der Waals surface area (Å²) in [5, 5.41) is 10.6. The minimum atomic E-state index is -0.856. The molecule has 0 fully saturated rings. The smallest absolute Gasteiger partial charge is 0.132 e. The molecule has 0 aromatic heterocycles. The van der Waals surface area contributed by atoms with E-state index < -0.39 is 5.41 Å². The van der Waals surface area contributed by atoms with E-state index in [0.717, 1.165) is 42.9 Å². The Labute approximate surface area is 187 Å². The van der Waals surface area contributed by atoms with Crippen molar-refractivity contribution >= 4 is 11.4 Å². The van der Waals surface area contributed by atoms with E-state index in [2.05, 4.69) is 104 Å². The number of benzene rings is 3. The van der Waals surface area contributed by atoms with Crippen molar-refractivity contribution in [3.8, 4) is 6.07 Å². The number of hydrogen-bond donors (Lipinski definition) is 0. The van der Waals surface area contributed by atoms with Crippen LogP contribution in [-0.2, 0) is 5.41 Å². The molecule has 0 saturated carbocycles. The van der Waals surface area contributed by atoms with Gasteiger partial charge < -0.3 is 9.80 Å². The molecule has 3 aromatic rings. The molecule has 0 N–H and O–H groups in total. The van der Waals surface area contributed by atoms with Gasteiger partial charge in [0.25, 0.3) is 0 Å². The molecule has 0 radical (unpaired) electrons. The van der Waals surface area contributed by atoms with Gasteiger partial charge in [-0.25, -0.2) is 0 Å². The fourth-order valence-corrected chi connectivity index (χ4v) is 4.40. The summed E-state index contributed by atoms with van der Waals surface area (Å²) in [6.45, 7) is 12.5. The van der Waals surface area contributed by atoms with Crippen LogP contribution in [0.2, 0.25) is 0 Å². The number of nitrogens with zero attached hydrogens (tertiary/aromatic N) is 3. The summed E-state index contributed by atoms with van der Waals surface area (Å²) in [7, 11) is 0. The molecular weight excluding hydrogens is 378 g/mol. The number of nitriles is 1. The van der Waals surface area contributed by atoms with Crippen molar-refractivity contribution < 1.29 is 0 Å². The molecule has 3 rings (SSSR count). The predicted molar refractivity (Wildman–Crippen MR) is 132 cm³/mol. The van der Waals surface area contributed by atoms with E-state index >= 15 is 0 Å². The zero-order valence-electron chi connectivity index (χ0n) is 19.2. The molecule has 3 heteroatoms. The molecule has 0 aliphatic rings. The predicted octanol–water partition coefficient (Wildman–Crippen LogP) is 6.24. The van der Waals surface area contributed by atoms with Crippen LogP contribution in [-0.4, -0.2) is 26.2 Å². The Balaban J connectivity index is 2.14. The minimum absolute atomic E-state index is 0.856. The molecular formula is C28H33N3. The lowest BCUT2D eigenvalue weighted by Crippen LogP contribution is -2.28. The lowest BCUT2D eigenvalue weighted by atomic mass is 9.70. The third kappa shape index (κ3) is 4.30. The van der Waals surface area contributed by atoms with Gasteiger partial charge in [0.05, 0.1) is 6.07 Å². The van der Waals surface area contributed by atoms with Crippen molar-refractivity contribution in [3.05, 3.63) is 95.6 Å². The zero-order valence-corrected chi connectivity index (χ0v) is 19.2. The van der Waals surface area contributed by atoms with E-state index in [1.165, 1.54) is 11.4 Å². The van der Waals surface area contributed by atoms with Crippen LogP contribution in [0.1, 0.15) is 44.4 Å². The average molecular weight is 412 g/mol. The summed E-state index contributed by atoms with van der Waals surface area (Å²) in [6.07, 6.45) is 0. The highest BCUT2D eigenvalue weighted by Crippen LogP contribution is 2.40. The summed E-state index contributed by atoms with van der Waals surface area (Å²) in [6, 6.07) is 29.8. The van der Waals surface area contributed by atoms with Gasteiger partial charge >= 0.3 is 0 Å². The highest BCUT2D eigenvalue weighted by Gasteiger charge is 2.36. The van der Waals surface area contributed by atoms with E-state index in [1.807, 2.05) is 18.2 Å². The van der Waals surface area contributed by atoms with Crippen LogP contribution in [0.3, 0.4) is 0 Å². The van der Waals surface area contributed by atoms with E-state index in [0.29, 0.717) is 0 Å². The van der Waals surface area contributed by atoms with E-state index in [4.69, 9.17) is 0 Å². The quantitative estimate of drug-likeness (QED) is 0.391. The highest BCUT2D eigenvalue weighted by molar-refractivity contribution is 5.61. The molecule has 0 heterocycles. The highest BCUT2D eigenvalue weighted by atomic mass is 15.1. The molecule has 0 amide bonds. The first-order valence-corrected chi connectivity index (χ1v) is 11.3. The first-order chi connectivity index (χ1) is 15.1. The second-order valence-corrected chi connectivity index (χ2v) is 7.67. The summed E-state index contributed by atoms with van der Waals surface area (Å²) < 4.78 is 0. The fraction of sp³-hybridized carbons (Fsp3) is 0.321. The van der Waals surface area contributed by atoms with Crippen LogP contribution in [0.5, 0.6) is 0 Å². The SMILES string of the molecule is CCN(CC)c1ccc(C(C#N)(c2ccccc2)c2ccc(N(CC)CC)cc2)cc1. The Bertz CT molecular complexity index is 922. The third-order valence-electron chi connectivity index (χ3n) is 6.23. The Morgan fingerprint density at radius 3 is 1.26 bits per heavy atom. The van der Waals surface area contributed by atoms with Gasteiger partial charge in [-0.3, -0.25) is 0 Å². The Kier molecular flexibility index (Phi) is 7.36. The number of rotatable bonds is 9. The molecule has 0 atom stereocenters. The Hall–Kier alpha value is -3.25. The van der Waals surface area contributed by atoms with Crippen LogP contribution < -0.4 is 9.80 Å². The van der Waals surface area contributed by atoms with Gasteiger partial charge in [0, 0.05) is 37.6 Å². The maximum Gasteiger partial charge on any atom is 0.132 e. The van der Waals surface area contributed by atoms with E-state index in [-0.39, 0.29) is 0 Å². The van der Waals surface area contributed by atoms with E-state index in [9.17, 15) is 5.26 Å². The fourth-order valence-electron chi connectivity index (χ4n) is 4.40. The van der Waals surface area contributed by atoms with Crippen molar-refractivity contribution in [1.29, 1.82) is 5.26 Å². The molecule has 0 aliphatic carbocycles. The molecule has 0 aliphatic heterocycles. The van der Waals surface area contributed by atoms with Crippen LogP contribution in [0, 0.1) is 11.3 Å². The lowest BCUT2D eigenvalue weighted by molar-refractivity contribution is 0.791. The molecule has 3 nitrogen and oxygen atoms in total. The van der Waals surface area contributed by atoms with Gasteiger partial charge in [0.15, 0.2) is 0 Å². The molecule has 31 heavy (non-hydrogen) atoms. The first-order valence-electron chi connectivity index (χ1n) is 11.3. The van der Waals surface area contributed by atoms with Crippen molar-refractivity contribution in [2.45, 2.75) is 33.1 Å². The molecule has 0 saturated heterocycles. The third-order valence-corrected chi connectivity index (χ3v) is 6.23. The summed E-state index contributed by atoms with van der Waals surface area (Å²) in [5.74, 6) is 0. The maximum absolute atomic E-state index is 10.6. The second-order valence-electron chi connectivity index (χ2n) is 7.67. The normalized spacial score (nSPS) is 11.1. The van der Waals surface area contributed by atoms with Crippen molar-refractivity contribution in [2.24, 2.45) is 0 Å². The van der Waals surface area contributed by atoms with Crippen molar-refractivity contribution in [1.82, 2.24) is 0 Å². The number of hydrogen-bond acceptors (Lipinski definition) is 3. The van der Waals surface area contributed by atoms with Crippen molar-refractivity contribution in [2.75, 3.05) is 36.0 Å². The minimum Gasteiger partial charge on any atom is -0.372 e. The first kappa shape index (κ1) is 22.4. The van der Waals surface area contributed by atoms with Crippen LogP contribution >= 0.6 is 0 Å². The summed E-state index contributed by atoms with van der Waals surface area (Å²) >= 11 is 0. The van der Waals surface area contributed by atoms with Gasteiger partial charge in [-0.05, 0) is 68.7 Å². The van der Waals surface area contributed by atoms with Crippen LogP contribution in [0.15, 0.2) is 78.9 Å². The average Bonchev–Trinajstić information content (AvgIpc) is 2.84. The summed E-state index contributed by atoms with van der Waals surface area (Å²) in [5.41, 5.74) is 4.49. The molecule has 0 spiro atoms. The monoisotopic (exact) mass is 411 g/mol. The lowest BCUT2D eigenvalue weighted by Gasteiger charge is -2.30. The van der Waals surface area contributed by atoms with Gasteiger partial charge in [-0.1, -0.05) is 54.6 Å².